The fraction of sp³-hybridized carbons (Fsp3) is 0.333. The maximum Gasteiger partial charge on any atom is 0.417 e. The molecule has 1 aliphatic heterocycles. The Balaban J connectivity index is 1.97. The molecule has 0 bridgehead atoms. The van der Waals surface area contributed by atoms with Crippen LogP contribution in [0.5, 0.6) is 0 Å². The van der Waals surface area contributed by atoms with E-state index in [9.17, 15) is 40.7 Å². The van der Waals surface area contributed by atoms with Gasteiger partial charge in [-0.1, -0.05) is 17.7 Å². The summed E-state index contributed by atoms with van der Waals surface area (Å²) in [7, 11) is 0.973. The van der Waals surface area contributed by atoms with Gasteiger partial charge in [-0.15, -0.1) is 0 Å². The van der Waals surface area contributed by atoms with E-state index in [2.05, 4.69) is 10.4 Å². The van der Waals surface area contributed by atoms with Crippen LogP contribution in [-0.4, -0.2) is 55.4 Å². The summed E-state index contributed by atoms with van der Waals surface area (Å²) < 4.78 is 87.8. The molecular formula is C24H20ClF6N3O5. The molecule has 1 unspecified atom stereocenters. The molecule has 1 N–H and O–H groups in total. The highest BCUT2D eigenvalue weighted by atomic mass is 35.5. The third kappa shape index (κ3) is 6.27. The van der Waals surface area contributed by atoms with Gasteiger partial charge >= 0.3 is 24.3 Å². The van der Waals surface area contributed by atoms with Crippen molar-refractivity contribution in [3.05, 3.63) is 64.2 Å². The van der Waals surface area contributed by atoms with Gasteiger partial charge in [-0.2, -0.15) is 31.4 Å². The first-order valence-corrected chi connectivity index (χ1v) is 11.4. The van der Waals surface area contributed by atoms with E-state index < -0.39 is 64.9 Å². The SMILES string of the molecule is CCOC(=O)C1(C(=O)OC)CN(CC(=O)Nc2ccc(C(F)(F)F)cc2)N=C1c1ccc(C(F)(F)F)c(Cl)c1. The van der Waals surface area contributed by atoms with Gasteiger partial charge in [0.05, 0.1) is 42.1 Å². The number of alkyl halides is 6. The number of anilines is 1. The number of nitrogens with zero attached hydrogens (tertiary/aromatic N) is 2. The Bertz CT molecular complexity index is 1300. The van der Waals surface area contributed by atoms with Crippen molar-refractivity contribution < 1.29 is 50.2 Å². The molecule has 0 saturated carbocycles. The highest BCUT2D eigenvalue weighted by Gasteiger charge is 2.58. The standard InChI is InChI=1S/C24H20ClF6N3O5/c1-3-39-21(37)22(20(36)38-2)12-34(11-18(35)32-15-7-5-14(6-8-15)23(26,27)28)33-19(22)13-4-9-16(17(25)10-13)24(29,30)31/h4-10H,3,11-12H2,1-2H3,(H,32,35). The minimum absolute atomic E-state index is 0.0237. The number of esters is 2. The van der Waals surface area contributed by atoms with Crippen LogP contribution in [0, 0.1) is 5.41 Å². The normalized spacial score (nSPS) is 17.5. The predicted octanol–water partition coefficient (Wildman–Crippen LogP) is 4.76. The Morgan fingerprint density at radius 3 is 2.18 bits per heavy atom. The summed E-state index contributed by atoms with van der Waals surface area (Å²) in [6, 6.07) is 6.05. The zero-order valence-corrected chi connectivity index (χ0v) is 21.0. The van der Waals surface area contributed by atoms with Crippen molar-refractivity contribution in [1.29, 1.82) is 0 Å². The van der Waals surface area contributed by atoms with Crippen LogP contribution >= 0.6 is 11.6 Å². The lowest BCUT2D eigenvalue weighted by molar-refractivity contribution is -0.165. The number of carbonyl (C=O) groups excluding carboxylic acids is 3. The second kappa shape index (κ2) is 11.1. The highest BCUT2D eigenvalue weighted by Crippen LogP contribution is 2.39. The van der Waals surface area contributed by atoms with Crippen LogP contribution in [0.1, 0.15) is 23.6 Å². The zero-order chi connectivity index (χ0) is 29.2. The van der Waals surface area contributed by atoms with Crippen LogP contribution in [-0.2, 0) is 36.2 Å². The van der Waals surface area contributed by atoms with E-state index in [-0.39, 0.29) is 23.6 Å². The summed E-state index contributed by atoms with van der Waals surface area (Å²) >= 11 is 5.83. The first kappa shape index (κ1) is 29.7. The van der Waals surface area contributed by atoms with Crippen molar-refractivity contribution in [3.63, 3.8) is 0 Å². The molecule has 2 aromatic rings. The van der Waals surface area contributed by atoms with E-state index in [4.69, 9.17) is 21.1 Å². The number of hydrogen-bond donors (Lipinski definition) is 1. The summed E-state index contributed by atoms with van der Waals surface area (Å²) in [5.74, 6) is -3.06. The van der Waals surface area contributed by atoms with Gasteiger partial charge in [-0.3, -0.25) is 19.4 Å². The molecule has 0 aromatic heterocycles. The summed E-state index contributed by atoms with van der Waals surface area (Å²) in [4.78, 5) is 38.6. The molecule has 3 rings (SSSR count). The van der Waals surface area contributed by atoms with E-state index in [1.165, 1.54) is 6.92 Å². The van der Waals surface area contributed by atoms with Crippen LogP contribution in [0.15, 0.2) is 47.6 Å². The molecule has 0 fully saturated rings. The lowest BCUT2D eigenvalue weighted by Crippen LogP contribution is -2.50. The number of ether oxygens (including phenoxy) is 2. The van der Waals surface area contributed by atoms with E-state index in [1.807, 2.05) is 0 Å². The van der Waals surface area contributed by atoms with Gasteiger partial charge in [0.1, 0.15) is 6.54 Å². The molecule has 1 aliphatic rings. The molecular weight excluding hydrogens is 560 g/mol. The number of methoxy groups -OCH3 is 1. The van der Waals surface area contributed by atoms with Crippen LogP contribution < -0.4 is 5.32 Å². The molecule has 0 saturated heterocycles. The molecule has 2 aromatic carbocycles. The second-order valence-corrected chi connectivity index (χ2v) is 8.61. The molecule has 39 heavy (non-hydrogen) atoms. The van der Waals surface area contributed by atoms with Crippen molar-refractivity contribution >= 4 is 40.8 Å². The summed E-state index contributed by atoms with van der Waals surface area (Å²) in [5, 5.41) is 6.76. The average molecular weight is 580 g/mol. The topological polar surface area (TPSA) is 97.3 Å². The zero-order valence-electron chi connectivity index (χ0n) is 20.2. The van der Waals surface area contributed by atoms with Crippen molar-refractivity contribution in [1.82, 2.24) is 5.01 Å². The van der Waals surface area contributed by atoms with Gasteiger partial charge in [-0.25, -0.2) is 0 Å². The molecule has 0 aliphatic carbocycles. The third-order valence-corrected chi connectivity index (χ3v) is 5.91. The van der Waals surface area contributed by atoms with Crippen molar-refractivity contribution in [2.24, 2.45) is 10.5 Å². The Labute approximate surface area is 222 Å². The lowest BCUT2D eigenvalue weighted by Gasteiger charge is -2.26. The molecule has 1 amide bonds. The first-order chi connectivity index (χ1) is 18.1. The van der Waals surface area contributed by atoms with Crippen molar-refractivity contribution in [2.45, 2.75) is 19.3 Å². The fourth-order valence-corrected chi connectivity index (χ4v) is 4.13. The number of nitrogens with one attached hydrogen (secondary N) is 1. The number of halogens is 7. The van der Waals surface area contributed by atoms with Gasteiger partial charge in [-0.05, 0) is 43.3 Å². The van der Waals surface area contributed by atoms with E-state index in [0.717, 1.165) is 48.5 Å². The minimum Gasteiger partial charge on any atom is -0.468 e. The lowest BCUT2D eigenvalue weighted by atomic mass is 9.79. The maximum absolute atomic E-state index is 13.2. The van der Waals surface area contributed by atoms with E-state index in [0.29, 0.717) is 6.07 Å². The largest absolute Gasteiger partial charge is 0.468 e. The van der Waals surface area contributed by atoms with Crippen LogP contribution in [0.2, 0.25) is 5.02 Å². The minimum atomic E-state index is -4.78. The number of amides is 1. The summed E-state index contributed by atoms with van der Waals surface area (Å²) in [6.45, 7) is 0.0932. The smallest absolute Gasteiger partial charge is 0.417 e. The monoisotopic (exact) mass is 579 g/mol. The van der Waals surface area contributed by atoms with Gasteiger partial charge in [0.15, 0.2) is 0 Å². The summed E-state index contributed by atoms with van der Waals surface area (Å²) in [6.07, 6.45) is -9.36. The van der Waals surface area contributed by atoms with Gasteiger partial charge in [0.25, 0.3) is 0 Å². The molecule has 8 nitrogen and oxygen atoms in total. The Morgan fingerprint density at radius 1 is 1.03 bits per heavy atom. The number of hydrazone groups is 1. The van der Waals surface area contributed by atoms with Crippen molar-refractivity contribution in [2.75, 3.05) is 32.1 Å². The van der Waals surface area contributed by atoms with Crippen LogP contribution in [0.25, 0.3) is 0 Å². The second-order valence-electron chi connectivity index (χ2n) is 8.20. The highest BCUT2D eigenvalue weighted by molar-refractivity contribution is 6.33. The average Bonchev–Trinajstić information content (AvgIpc) is 3.22. The van der Waals surface area contributed by atoms with Crippen LogP contribution in [0.3, 0.4) is 0 Å². The number of benzene rings is 2. The first-order valence-electron chi connectivity index (χ1n) is 11.1. The Morgan fingerprint density at radius 2 is 1.67 bits per heavy atom. The Kier molecular flexibility index (Phi) is 8.48. The maximum atomic E-state index is 13.2. The van der Waals surface area contributed by atoms with Gasteiger partial charge < -0.3 is 14.8 Å². The molecule has 0 radical (unpaired) electrons. The molecule has 210 valence electrons. The van der Waals surface area contributed by atoms with Gasteiger partial charge in [0, 0.05) is 11.3 Å². The third-order valence-electron chi connectivity index (χ3n) is 5.59. The quantitative estimate of drug-likeness (QED) is 0.289. The van der Waals surface area contributed by atoms with Gasteiger partial charge in [0.2, 0.25) is 11.3 Å². The van der Waals surface area contributed by atoms with E-state index >= 15 is 0 Å². The number of hydrogen-bond acceptors (Lipinski definition) is 7. The number of rotatable bonds is 7. The van der Waals surface area contributed by atoms with Crippen LogP contribution in [0.4, 0.5) is 32.0 Å². The molecule has 0 spiro atoms. The fourth-order valence-electron chi connectivity index (χ4n) is 3.84. The predicted molar refractivity (Wildman–Crippen MR) is 126 cm³/mol. The molecule has 15 heteroatoms. The van der Waals surface area contributed by atoms with Crippen molar-refractivity contribution in [3.8, 4) is 0 Å². The Hall–Kier alpha value is -3.81. The van der Waals surface area contributed by atoms with E-state index in [1.54, 1.807) is 0 Å². The molecule has 1 heterocycles. The number of carbonyl (C=O) groups is 3. The molecule has 1 atom stereocenters. The summed E-state index contributed by atoms with van der Waals surface area (Å²) in [5.41, 5.74) is -4.87.